The summed E-state index contributed by atoms with van der Waals surface area (Å²) in [6, 6.07) is 6.78. The standard InChI is InChI=1S/C18H24N4O3/c1-12-3-2-8-21(15(12)9-19)17(24)14-6-4-13(5-7-14)11-22-16(23)10-20-18(22)25/h4-7,12,15H,2-3,8-11,19H2,1H3,(H,20,25)/t12-,15-/m0/s1. The molecule has 3 N–H and O–H groups in total. The second-order valence-corrected chi connectivity index (χ2v) is 6.76. The first kappa shape index (κ1) is 17.4. The molecule has 3 rings (SSSR count). The van der Waals surface area contributed by atoms with Gasteiger partial charge in [0.2, 0.25) is 5.91 Å². The third-order valence-electron chi connectivity index (χ3n) is 5.10. The van der Waals surface area contributed by atoms with Gasteiger partial charge in [-0.25, -0.2) is 4.79 Å². The third kappa shape index (κ3) is 3.51. The van der Waals surface area contributed by atoms with Crippen molar-refractivity contribution in [2.24, 2.45) is 11.7 Å². The van der Waals surface area contributed by atoms with Crippen LogP contribution in [0.4, 0.5) is 4.79 Å². The van der Waals surface area contributed by atoms with Crippen molar-refractivity contribution < 1.29 is 14.4 Å². The Balaban J connectivity index is 1.70. The highest BCUT2D eigenvalue weighted by Crippen LogP contribution is 2.24. The van der Waals surface area contributed by atoms with E-state index >= 15 is 0 Å². The van der Waals surface area contributed by atoms with E-state index in [1.54, 1.807) is 24.3 Å². The van der Waals surface area contributed by atoms with Gasteiger partial charge in [0.25, 0.3) is 5.91 Å². The Hall–Kier alpha value is -2.41. The van der Waals surface area contributed by atoms with Crippen LogP contribution < -0.4 is 11.1 Å². The minimum absolute atomic E-state index is 0.0106. The molecular weight excluding hydrogens is 320 g/mol. The van der Waals surface area contributed by atoms with E-state index in [0.717, 1.165) is 24.9 Å². The van der Waals surface area contributed by atoms with Crippen LogP contribution in [0.5, 0.6) is 0 Å². The molecule has 2 aliphatic rings. The fourth-order valence-electron chi connectivity index (χ4n) is 3.58. The van der Waals surface area contributed by atoms with E-state index in [1.165, 1.54) is 4.90 Å². The number of urea groups is 1. The van der Waals surface area contributed by atoms with Crippen LogP contribution in [0.3, 0.4) is 0 Å². The quantitative estimate of drug-likeness (QED) is 0.795. The average Bonchev–Trinajstić information content (AvgIpc) is 2.93. The van der Waals surface area contributed by atoms with Crippen LogP contribution in [-0.4, -0.2) is 53.3 Å². The van der Waals surface area contributed by atoms with E-state index in [-0.39, 0.29) is 37.0 Å². The number of nitrogens with two attached hydrogens (primary N) is 1. The van der Waals surface area contributed by atoms with Crippen molar-refractivity contribution in [3.8, 4) is 0 Å². The molecule has 25 heavy (non-hydrogen) atoms. The molecule has 0 aliphatic carbocycles. The van der Waals surface area contributed by atoms with Crippen molar-refractivity contribution in [3.63, 3.8) is 0 Å². The Bertz CT molecular complexity index is 657. The number of rotatable bonds is 4. The molecule has 0 aromatic heterocycles. The highest BCUT2D eigenvalue weighted by Gasteiger charge is 2.31. The van der Waals surface area contributed by atoms with E-state index in [4.69, 9.17) is 5.73 Å². The van der Waals surface area contributed by atoms with Crippen molar-refractivity contribution in [1.82, 2.24) is 15.1 Å². The van der Waals surface area contributed by atoms with E-state index in [0.29, 0.717) is 18.0 Å². The van der Waals surface area contributed by atoms with Gasteiger partial charge in [-0.2, -0.15) is 0 Å². The summed E-state index contributed by atoms with van der Waals surface area (Å²) in [7, 11) is 0. The topological polar surface area (TPSA) is 95.7 Å². The lowest BCUT2D eigenvalue weighted by atomic mass is 9.90. The largest absolute Gasteiger partial charge is 0.334 e. The molecule has 1 aromatic carbocycles. The van der Waals surface area contributed by atoms with Gasteiger partial charge in [-0.05, 0) is 36.5 Å². The maximum atomic E-state index is 12.8. The first-order valence-electron chi connectivity index (χ1n) is 8.69. The third-order valence-corrected chi connectivity index (χ3v) is 5.10. The fraction of sp³-hybridized carbons (Fsp3) is 0.500. The number of imide groups is 1. The number of hydrogen-bond donors (Lipinski definition) is 2. The molecule has 2 atom stereocenters. The SMILES string of the molecule is C[C@H]1CCCN(C(=O)c2ccc(CN3C(=O)CNC3=O)cc2)[C@H]1CN. The van der Waals surface area contributed by atoms with Crippen molar-refractivity contribution in [3.05, 3.63) is 35.4 Å². The maximum absolute atomic E-state index is 12.8. The fourth-order valence-corrected chi connectivity index (χ4v) is 3.58. The van der Waals surface area contributed by atoms with Crippen molar-refractivity contribution in [2.75, 3.05) is 19.6 Å². The number of carbonyl (C=O) groups is 3. The summed E-state index contributed by atoms with van der Waals surface area (Å²) in [5, 5.41) is 2.49. The second kappa shape index (κ2) is 7.23. The minimum atomic E-state index is -0.377. The minimum Gasteiger partial charge on any atom is -0.334 e. The Morgan fingerprint density at radius 1 is 1.28 bits per heavy atom. The molecule has 0 spiro atoms. The van der Waals surface area contributed by atoms with E-state index in [1.807, 2.05) is 4.90 Å². The number of amides is 4. The summed E-state index contributed by atoms with van der Waals surface area (Å²) in [5.74, 6) is 0.156. The lowest BCUT2D eigenvalue weighted by molar-refractivity contribution is -0.125. The molecule has 1 aromatic rings. The number of likely N-dealkylation sites (tertiary alicyclic amines) is 1. The predicted octanol–water partition coefficient (Wildman–Crippen LogP) is 0.938. The van der Waals surface area contributed by atoms with Crippen LogP contribution in [0.25, 0.3) is 0 Å². The Morgan fingerprint density at radius 3 is 2.60 bits per heavy atom. The molecule has 0 unspecified atom stereocenters. The summed E-state index contributed by atoms with van der Waals surface area (Å²) >= 11 is 0. The first-order valence-corrected chi connectivity index (χ1v) is 8.69. The number of nitrogens with one attached hydrogen (secondary N) is 1. The van der Waals surface area contributed by atoms with Crippen molar-refractivity contribution in [1.29, 1.82) is 0 Å². The smallest absolute Gasteiger partial charge is 0.324 e. The zero-order valence-electron chi connectivity index (χ0n) is 14.4. The molecule has 2 aliphatic heterocycles. The number of nitrogens with zero attached hydrogens (tertiary/aromatic N) is 2. The molecule has 7 nitrogen and oxygen atoms in total. The van der Waals surface area contributed by atoms with Crippen LogP contribution in [0.15, 0.2) is 24.3 Å². The zero-order chi connectivity index (χ0) is 18.0. The Kier molecular flexibility index (Phi) is 5.03. The summed E-state index contributed by atoms with van der Waals surface area (Å²) in [5.41, 5.74) is 7.29. The summed E-state index contributed by atoms with van der Waals surface area (Å²) in [6.07, 6.45) is 2.09. The predicted molar refractivity (Wildman–Crippen MR) is 92.7 cm³/mol. The molecule has 4 amide bonds. The first-order chi connectivity index (χ1) is 12.0. The summed E-state index contributed by atoms with van der Waals surface area (Å²) < 4.78 is 0. The van der Waals surface area contributed by atoms with Gasteiger partial charge in [0.05, 0.1) is 13.1 Å². The van der Waals surface area contributed by atoms with Gasteiger partial charge in [0, 0.05) is 24.7 Å². The van der Waals surface area contributed by atoms with E-state index in [2.05, 4.69) is 12.2 Å². The average molecular weight is 344 g/mol. The second-order valence-electron chi connectivity index (χ2n) is 6.76. The summed E-state index contributed by atoms with van der Waals surface area (Å²) in [6.45, 7) is 3.60. The molecule has 0 saturated carbocycles. The molecule has 2 heterocycles. The monoisotopic (exact) mass is 344 g/mol. The highest BCUT2D eigenvalue weighted by molar-refractivity contribution is 6.01. The lowest BCUT2D eigenvalue weighted by Gasteiger charge is -2.39. The highest BCUT2D eigenvalue weighted by atomic mass is 16.2. The molecule has 0 bridgehead atoms. The van der Waals surface area contributed by atoms with Gasteiger partial charge in [0.15, 0.2) is 0 Å². The maximum Gasteiger partial charge on any atom is 0.324 e. The Labute approximate surface area is 147 Å². The summed E-state index contributed by atoms with van der Waals surface area (Å²) in [4.78, 5) is 39.1. The van der Waals surface area contributed by atoms with Gasteiger partial charge in [-0.1, -0.05) is 19.1 Å². The van der Waals surface area contributed by atoms with Gasteiger partial charge in [-0.3, -0.25) is 14.5 Å². The zero-order valence-corrected chi connectivity index (χ0v) is 14.4. The van der Waals surface area contributed by atoms with Crippen molar-refractivity contribution >= 4 is 17.8 Å². The number of piperidine rings is 1. The molecule has 134 valence electrons. The molecule has 2 saturated heterocycles. The van der Waals surface area contributed by atoms with E-state index < -0.39 is 0 Å². The molecule has 2 fully saturated rings. The van der Waals surface area contributed by atoms with E-state index in [9.17, 15) is 14.4 Å². The van der Waals surface area contributed by atoms with Crippen molar-refractivity contribution in [2.45, 2.75) is 32.4 Å². The normalized spacial score (nSPS) is 23.8. The Morgan fingerprint density at radius 2 is 2.00 bits per heavy atom. The molecule has 0 radical (unpaired) electrons. The van der Waals surface area contributed by atoms with Gasteiger partial charge in [-0.15, -0.1) is 0 Å². The number of carbonyl (C=O) groups excluding carboxylic acids is 3. The van der Waals surface area contributed by atoms with Gasteiger partial charge in [0.1, 0.15) is 0 Å². The number of benzene rings is 1. The lowest BCUT2D eigenvalue weighted by Crippen LogP contribution is -2.51. The molecular formula is C18H24N4O3. The van der Waals surface area contributed by atoms with Crippen LogP contribution >= 0.6 is 0 Å². The van der Waals surface area contributed by atoms with Crippen LogP contribution in [0.2, 0.25) is 0 Å². The molecule has 7 heteroatoms. The number of hydrogen-bond acceptors (Lipinski definition) is 4. The van der Waals surface area contributed by atoms with Crippen LogP contribution in [0, 0.1) is 5.92 Å². The van der Waals surface area contributed by atoms with Gasteiger partial charge < -0.3 is 16.0 Å². The van der Waals surface area contributed by atoms with Crippen LogP contribution in [0.1, 0.15) is 35.7 Å². The van der Waals surface area contributed by atoms with Crippen LogP contribution in [-0.2, 0) is 11.3 Å². The van der Waals surface area contributed by atoms with Gasteiger partial charge >= 0.3 is 6.03 Å².